The molecule has 2 aromatic carbocycles. The molecule has 0 radical (unpaired) electrons. The van der Waals surface area contributed by atoms with Crippen LogP contribution >= 0.6 is 0 Å². The molecule has 1 saturated heterocycles. The van der Waals surface area contributed by atoms with Gasteiger partial charge in [-0.3, -0.25) is 4.90 Å². The first-order valence-electron chi connectivity index (χ1n) is 11.4. The summed E-state index contributed by atoms with van der Waals surface area (Å²) in [6.07, 6.45) is 0.999. The molecule has 9 heteroatoms. The molecule has 8 nitrogen and oxygen atoms in total. The lowest BCUT2D eigenvalue weighted by molar-refractivity contribution is 0.182. The summed E-state index contributed by atoms with van der Waals surface area (Å²) in [6.45, 7) is 5.92. The van der Waals surface area contributed by atoms with Gasteiger partial charge in [-0.1, -0.05) is 38.1 Å². The number of hydrogen-bond donors (Lipinski definition) is 2. The van der Waals surface area contributed by atoms with Crippen molar-refractivity contribution in [3.8, 4) is 6.07 Å². The zero-order chi connectivity index (χ0) is 24.3. The van der Waals surface area contributed by atoms with E-state index in [0.717, 1.165) is 17.5 Å². The van der Waals surface area contributed by atoms with E-state index < -0.39 is 10.0 Å². The van der Waals surface area contributed by atoms with E-state index in [9.17, 15) is 18.8 Å². The quantitative estimate of drug-likeness (QED) is 0.393. The Hall–Kier alpha value is -3.19. The summed E-state index contributed by atoms with van der Waals surface area (Å²) in [4.78, 5) is 9.70. The molecule has 1 atom stereocenters. The predicted octanol–water partition coefficient (Wildman–Crippen LogP) is 3.88. The number of nitrogens with one attached hydrogen (secondary N) is 1. The maximum absolute atomic E-state index is 13.1. The zero-order valence-corrected chi connectivity index (χ0v) is 20.2. The van der Waals surface area contributed by atoms with Crippen LogP contribution in [0.15, 0.2) is 59.2 Å². The number of aromatic amines is 1. The third-order valence-electron chi connectivity index (χ3n) is 6.43. The second-order valence-corrected chi connectivity index (χ2v) is 10.5. The highest BCUT2D eigenvalue weighted by Crippen LogP contribution is 2.24. The highest BCUT2D eigenvalue weighted by Gasteiger charge is 2.29. The van der Waals surface area contributed by atoms with Gasteiger partial charge in [0.1, 0.15) is 17.4 Å². The van der Waals surface area contributed by atoms with Crippen LogP contribution in [0.2, 0.25) is 0 Å². The largest absolute Gasteiger partial charge is 0.509 e. The lowest BCUT2D eigenvalue weighted by atomic mass is 9.99. The molecule has 3 aromatic rings. The molecule has 0 amide bonds. The van der Waals surface area contributed by atoms with Gasteiger partial charge in [-0.2, -0.15) is 9.57 Å². The van der Waals surface area contributed by atoms with Gasteiger partial charge in [-0.05, 0) is 42.2 Å². The van der Waals surface area contributed by atoms with Crippen LogP contribution in [0.4, 0.5) is 0 Å². The van der Waals surface area contributed by atoms with Gasteiger partial charge >= 0.3 is 0 Å². The molecule has 1 aliphatic rings. The average molecular weight is 480 g/mol. The molecule has 0 bridgehead atoms. The van der Waals surface area contributed by atoms with Crippen LogP contribution in [-0.4, -0.2) is 65.4 Å². The van der Waals surface area contributed by atoms with Crippen molar-refractivity contribution in [2.45, 2.75) is 31.1 Å². The van der Waals surface area contributed by atoms with Gasteiger partial charge in [0.25, 0.3) is 0 Å². The van der Waals surface area contributed by atoms with Gasteiger partial charge in [0.15, 0.2) is 5.82 Å². The van der Waals surface area contributed by atoms with Crippen molar-refractivity contribution in [3.63, 3.8) is 0 Å². The Labute approximate surface area is 200 Å². The number of aromatic nitrogens is 2. The molecule has 1 aromatic heterocycles. The number of rotatable bonds is 7. The number of fused-ring (bicyclic) bond motifs is 1. The molecule has 0 aliphatic carbocycles. The van der Waals surface area contributed by atoms with E-state index in [1.807, 2.05) is 47.4 Å². The first kappa shape index (κ1) is 24.0. The van der Waals surface area contributed by atoms with Crippen LogP contribution in [-0.2, 0) is 10.0 Å². The summed E-state index contributed by atoms with van der Waals surface area (Å²) in [5, 5.41) is 20.3. The number of hydrogen-bond acceptors (Lipinski definition) is 6. The molecule has 1 fully saturated rings. The lowest BCUT2D eigenvalue weighted by Gasteiger charge is -2.33. The number of aliphatic hydroxyl groups excluding tert-OH is 1. The van der Waals surface area contributed by atoms with Crippen LogP contribution in [0.5, 0.6) is 0 Å². The third-order valence-corrected chi connectivity index (χ3v) is 8.34. The van der Waals surface area contributed by atoms with Crippen molar-refractivity contribution in [1.29, 1.82) is 5.26 Å². The molecule has 34 heavy (non-hydrogen) atoms. The van der Waals surface area contributed by atoms with E-state index in [2.05, 4.69) is 23.8 Å². The first-order valence-corrected chi connectivity index (χ1v) is 12.9. The van der Waals surface area contributed by atoms with E-state index in [0.29, 0.717) is 48.3 Å². The normalized spacial score (nSPS) is 17.3. The number of aliphatic hydroxyl groups is 1. The van der Waals surface area contributed by atoms with Crippen molar-refractivity contribution in [2.24, 2.45) is 0 Å². The van der Waals surface area contributed by atoms with Gasteiger partial charge < -0.3 is 10.1 Å². The maximum atomic E-state index is 13.1. The minimum Gasteiger partial charge on any atom is -0.509 e. The fourth-order valence-electron chi connectivity index (χ4n) is 4.10. The molecule has 0 unspecified atom stereocenters. The van der Waals surface area contributed by atoms with Crippen molar-refractivity contribution in [1.82, 2.24) is 19.2 Å². The zero-order valence-electron chi connectivity index (χ0n) is 19.4. The standard InChI is InChI=1S/C25H29N5O3S/c1-3-18(2)19-8-10-20(11-9-19)34(32,33)30-14-12-29(13-15-30)17-24(31)21(16-26)25-27-22-6-4-5-7-23(22)28-25/h4-11,18,31H,3,12-15,17H2,1-2H3,(H,27,28)/t18-/m0/s1. The van der Waals surface area contributed by atoms with E-state index in [4.69, 9.17) is 0 Å². The van der Waals surface area contributed by atoms with Gasteiger partial charge in [-0.15, -0.1) is 0 Å². The number of benzene rings is 2. The summed E-state index contributed by atoms with van der Waals surface area (Å²) in [6, 6.07) is 16.6. The fourth-order valence-corrected chi connectivity index (χ4v) is 5.52. The van der Waals surface area contributed by atoms with Gasteiger partial charge in [0, 0.05) is 26.2 Å². The number of allylic oxidation sites excluding steroid dienone is 1. The Balaban J connectivity index is 1.42. The highest BCUT2D eigenvalue weighted by molar-refractivity contribution is 7.89. The molecular formula is C25H29N5O3S. The van der Waals surface area contributed by atoms with Crippen molar-refractivity contribution >= 4 is 26.6 Å². The highest BCUT2D eigenvalue weighted by atomic mass is 32.2. The molecule has 2 heterocycles. The number of para-hydroxylation sites is 2. The van der Waals surface area contributed by atoms with Crippen molar-refractivity contribution in [2.75, 3.05) is 32.7 Å². The number of piperazine rings is 1. The molecule has 0 saturated carbocycles. The van der Waals surface area contributed by atoms with Crippen molar-refractivity contribution in [3.05, 3.63) is 65.7 Å². The van der Waals surface area contributed by atoms with Crippen molar-refractivity contribution < 1.29 is 13.5 Å². The van der Waals surface area contributed by atoms with Crippen LogP contribution in [0, 0.1) is 11.3 Å². The summed E-state index contributed by atoms with van der Waals surface area (Å²) in [5.41, 5.74) is 2.72. The van der Waals surface area contributed by atoms with E-state index >= 15 is 0 Å². The monoisotopic (exact) mass is 479 g/mol. The smallest absolute Gasteiger partial charge is 0.243 e. The second kappa shape index (κ2) is 9.97. The summed E-state index contributed by atoms with van der Waals surface area (Å²) in [7, 11) is -3.58. The van der Waals surface area contributed by atoms with E-state index in [1.54, 1.807) is 12.1 Å². The Morgan fingerprint density at radius 1 is 1.15 bits per heavy atom. The minimum atomic E-state index is -3.58. The van der Waals surface area contributed by atoms with Crippen LogP contribution in [0.1, 0.15) is 37.6 Å². The minimum absolute atomic E-state index is 0.0847. The van der Waals surface area contributed by atoms with Crippen LogP contribution < -0.4 is 0 Å². The fraction of sp³-hybridized carbons (Fsp3) is 0.360. The number of H-pyrrole nitrogens is 1. The second-order valence-electron chi connectivity index (χ2n) is 8.59. The maximum Gasteiger partial charge on any atom is 0.243 e. The molecule has 178 valence electrons. The first-order chi connectivity index (χ1) is 16.3. The van der Waals surface area contributed by atoms with Gasteiger partial charge in [0.2, 0.25) is 10.0 Å². The van der Waals surface area contributed by atoms with Crippen LogP contribution in [0.25, 0.3) is 16.6 Å². The summed E-state index contributed by atoms with van der Waals surface area (Å²) in [5.74, 6) is 0.626. The molecule has 0 spiro atoms. The van der Waals surface area contributed by atoms with Gasteiger partial charge in [0.05, 0.1) is 22.5 Å². The number of nitrogens with zero attached hydrogens (tertiary/aromatic N) is 4. The topological polar surface area (TPSA) is 113 Å². The number of sulfonamides is 1. The van der Waals surface area contributed by atoms with Crippen LogP contribution in [0.3, 0.4) is 0 Å². The Kier molecular flexibility index (Phi) is 7.03. The predicted molar refractivity (Wildman–Crippen MR) is 132 cm³/mol. The molecule has 4 rings (SSSR count). The average Bonchev–Trinajstić information content (AvgIpc) is 3.28. The number of imidazole rings is 1. The Morgan fingerprint density at radius 3 is 2.44 bits per heavy atom. The van der Waals surface area contributed by atoms with Gasteiger partial charge in [-0.25, -0.2) is 13.4 Å². The molecule has 1 aliphatic heterocycles. The third kappa shape index (κ3) is 4.85. The summed E-state index contributed by atoms with van der Waals surface area (Å²) >= 11 is 0. The number of nitriles is 1. The molecule has 2 N–H and O–H groups in total. The Bertz CT molecular complexity index is 1300. The molecular weight excluding hydrogens is 450 g/mol. The SMILES string of the molecule is CC[C@H](C)c1ccc(S(=O)(=O)N2CCN(CC(O)=C(C#N)c3nc4ccccc4[nH]3)CC2)cc1. The summed E-state index contributed by atoms with van der Waals surface area (Å²) < 4.78 is 27.6. The Morgan fingerprint density at radius 2 is 1.82 bits per heavy atom. The van der Waals surface area contributed by atoms with E-state index in [1.165, 1.54) is 4.31 Å². The van der Waals surface area contributed by atoms with E-state index in [-0.39, 0.29) is 17.9 Å². The lowest BCUT2D eigenvalue weighted by Crippen LogP contribution is -2.49.